The molecule has 3 aromatic carbocycles. The topological polar surface area (TPSA) is 9.23 Å². The van der Waals surface area contributed by atoms with Gasteiger partial charge in [0.05, 0.1) is 5.56 Å². The molecule has 1 aliphatic carbocycles. The van der Waals surface area contributed by atoms with Crippen LogP contribution in [-0.4, -0.2) is 0 Å². The highest BCUT2D eigenvalue weighted by atomic mass is 19.4. The maximum atomic E-state index is 14.8. The number of rotatable bonds is 5. The van der Waals surface area contributed by atoms with E-state index in [0.29, 0.717) is 29.5 Å². The summed E-state index contributed by atoms with van der Waals surface area (Å²) in [5.41, 5.74) is -2.52. The highest BCUT2D eigenvalue weighted by molar-refractivity contribution is 5.65. The van der Waals surface area contributed by atoms with Gasteiger partial charge in [-0.25, -0.2) is 8.78 Å². The molecule has 36 heavy (non-hydrogen) atoms. The minimum Gasteiger partial charge on any atom is -0.426 e. The Morgan fingerprint density at radius 3 is 1.92 bits per heavy atom. The Hall–Kier alpha value is -3.10. The Labute approximate surface area is 202 Å². The van der Waals surface area contributed by atoms with Gasteiger partial charge in [0.2, 0.25) is 5.82 Å². The number of alkyl halides is 5. The molecule has 1 nitrogen and oxygen atoms in total. The average molecular weight is 514 g/mol. The van der Waals surface area contributed by atoms with Crippen LogP contribution in [-0.2, 0) is 12.3 Å². The van der Waals surface area contributed by atoms with Gasteiger partial charge in [-0.15, -0.1) is 0 Å². The lowest BCUT2D eigenvalue weighted by atomic mass is 9.79. The van der Waals surface area contributed by atoms with Crippen LogP contribution in [0.15, 0.2) is 54.6 Å². The van der Waals surface area contributed by atoms with Gasteiger partial charge in [0.1, 0.15) is 11.4 Å². The third kappa shape index (κ3) is 5.20. The van der Waals surface area contributed by atoms with Crippen LogP contribution in [0.4, 0.5) is 35.1 Å². The van der Waals surface area contributed by atoms with Gasteiger partial charge in [-0.2, -0.15) is 26.3 Å². The van der Waals surface area contributed by atoms with Crippen LogP contribution in [0.3, 0.4) is 0 Å². The molecule has 0 saturated heterocycles. The predicted molar refractivity (Wildman–Crippen MR) is 118 cm³/mol. The third-order valence-electron chi connectivity index (χ3n) is 6.61. The number of benzene rings is 3. The molecule has 3 aromatic rings. The normalized spacial score (nSPS) is 18.8. The SMILES string of the molecule is CC1CCC(c2ccc(-c3ccc(OC(F)(F)c4cccc(C(F)(F)F)c4F)c(F)c3F)cc2)CC1. The summed E-state index contributed by atoms with van der Waals surface area (Å²) in [6, 6.07) is 9.83. The van der Waals surface area contributed by atoms with Gasteiger partial charge in [-0.1, -0.05) is 50.1 Å². The van der Waals surface area contributed by atoms with Crippen molar-refractivity contribution in [2.24, 2.45) is 5.92 Å². The Morgan fingerprint density at radius 2 is 1.31 bits per heavy atom. The first-order chi connectivity index (χ1) is 16.9. The van der Waals surface area contributed by atoms with Crippen molar-refractivity contribution in [3.8, 4) is 16.9 Å². The minimum atomic E-state index is -5.24. The summed E-state index contributed by atoms with van der Waals surface area (Å²) in [4.78, 5) is 0. The van der Waals surface area contributed by atoms with Crippen molar-refractivity contribution in [2.45, 2.75) is 50.8 Å². The van der Waals surface area contributed by atoms with Crippen LogP contribution < -0.4 is 4.74 Å². The lowest BCUT2D eigenvalue weighted by Crippen LogP contribution is -2.25. The summed E-state index contributed by atoms with van der Waals surface area (Å²) in [7, 11) is 0. The van der Waals surface area contributed by atoms with E-state index in [1.54, 1.807) is 12.1 Å². The van der Waals surface area contributed by atoms with E-state index in [1.165, 1.54) is 0 Å². The quantitative estimate of drug-likeness (QED) is 0.309. The second kappa shape index (κ2) is 9.75. The number of hydrogen-bond acceptors (Lipinski definition) is 1. The Kier molecular flexibility index (Phi) is 7.03. The van der Waals surface area contributed by atoms with Crippen molar-refractivity contribution in [2.75, 3.05) is 0 Å². The van der Waals surface area contributed by atoms with Crippen LogP contribution in [0.25, 0.3) is 11.1 Å². The molecule has 1 aliphatic rings. The fourth-order valence-corrected chi connectivity index (χ4v) is 4.53. The predicted octanol–water partition coefficient (Wildman–Crippen LogP) is 9.21. The first-order valence-electron chi connectivity index (χ1n) is 11.4. The van der Waals surface area contributed by atoms with E-state index in [-0.39, 0.29) is 11.6 Å². The fourth-order valence-electron chi connectivity index (χ4n) is 4.53. The molecule has 0 bridgehead atoms. The molecule has 0 aromatic heterocycles. The molecule has 0 amide bonds. The Balaban J connectivity index is 1.58. The monoisotopic (exact) mass is 514 g/mol. The standard InChI is InChI=1S/C27H22F8O/c1-15-5-7-16(8-6-15)17-9-11-18(12-10-17)19-13-14-22(25(30)23(19)28)36-27(34,35)21-4-2-3-20(24(21)29)26(31,32)33/h2-4,9-16H,5-8H2,1H3. The van der Waals surface area contributed by atoms with Gasteiger partial charge in [-0.3, -0.25) is 0 Å². The molecule has 0 spiro atoms. The van der Waals surface area contributed by atoms with Crippen LogP contribution in [0.5, 0.6) is 5.75 Å². The molecule has 1 fully saturated rings. The largest absolute Gasteiger partial charge is 0.429 e. The summed E-state index contributed by atoms with van der Waals surface area (Å²) in [5.74, 6) is -5.73. The van der Waals surface area contributed by atoms with Crippen LogP contribution in [0.2, 0.25) is 0 Å². The van der Waals surface area contributed by atoms with Crippen LogP contribution in [0.1, 0.15) is 55.2 Å². The molecular formula is C27H22F8O. The zero-order chi connectivity index (χ0) is 26.3. The van der Waals surface area contributed by atoms with E-state index < -0.39 is 46.6 Å². The fraction of sp³-hybridized carbons (Fsp3) is 0.333. The molecule has 0 heterocycles. The van der Waals surface area contributed by atoms with E-state index in [2.05, 4.69) is 11.7 Å². The van der Waals surface area contributed by atoms with Gasteiger partial charge < -0.3 is 4.74 Å². The molecule has 0 atom stereocenters. The second-order valence-corrected chi connectivity index (χ2v) is 9.10. The molecule has 1 saturated carbocycles. The lowest BCUT2D eigenvalue weighted by molar-refractivity contribution is -0.190. The molecule has 192 valence electrons. The zero-order valence-electron chi connectivity index (χ0n) is 19.1. The van der Waals surface area contributed by atoms with E-state index in [4.69, 9.17) is 0 Å². The van der Waals surface area contributed by atoms with E-state index in [0.717, 1.165) is 43.4 Å². The highest BCUT2D eigenvalue weighted by Gasteiger charge is 2.43. The number of halogens is 8. The van der Waals surface area contributed by atoms with Gasteiger partial charge >= 0.3 is 12.3 Å². The van der Waals surface area contributed by atoms with Gasteiger partial charge in [0.25, 0.3) is 0 Å². The molecule has 0 unspecified atom stereocenters. The van der Waals surface area contributed by atoms with E-state index in [9.17, 15) is 35.1 Å². The smallest absolute Gasteiger partial charge is 0.426 e. The summed E-state index contributed by atoms with van der Waals surface area (Å²) < 4.78 is 116. The summed E-state index contributed by atoms with van der Waals surface area (Å²) >= 11 is 0. The van der Waals surface area contributed by atoms with E-state index >= 15 is 0 Å². The van der Waals surface area contributed by atoms with Crippen LogP contribution >= 0.6 is 0 Å². The Morgan fingerprint density at radius 1 is 0.694 bits per heavy atom. The molecule has 4 rings (SSSR count). The van der Waals surface area contributed by atoms with Gasteiger partial charge in [-0.05, 0) is 60.1 Å². The van der Waals surface area contributed by atoms with Crippen molar-refractivity contribution in [1.29, 1.82) is 0 Å². The van der Waals surface area contributed by atoms with Crippen molar-refractivity contribution >= 4 is 0 Å². The second-order valence-electron chi connectivity index (χ2n) is 9.10. The maximum Gasteiger partial charge on any atom is 0.429 e. The van der Waals surface area contributed by atoms with Gasteiger partial charge in [0, 0.05) is 5.56 Å². The lowest BCUT2D eigenvalue weighted by Gasteiger charge is -2.26. The first-order valence-corrected chi connectivity index (χ1v) is 11.4. The average Bonchev–Trinajstić information content (AvgIpc) is 2.82. The van der Waals surface area contributed by atoms with Crippen molar-refractivity contribution in [3.05, 3.63) is 88.7 Å². The number of hydrogen-bond donors (Lipinski definition) is 0. The van der Waals surface area contributed by atoms with Crippen molar-refractivity contribution in [1.82, 2.24) is 0 Å². The first kappa shape index (κ1) is 26.0. The number of ether oxygens (including phenoxy) is 1. The third-order valence-corrected chi connectivity index (χ3v) is 6.61. The maximum absolute atomic E-state index is 14.8. The highest BCUT2D eigenvalue weighted by Crippen LogP contribution is 2.41. The summed E-state index contributed by atoms with van der Waals surface area (Å²) in [5, 5.41) is 0. The summed E-state index contributed by atoms with van der Waals surface area (Å²) in [6.45, 7) is 2.20. The molecule has 9 heteroatoms. The summed E-state index contributed by atoms with van der Waals surface area (Å²) in [6.07, 6.45) is -5.64. The van der Waals surface area contributed by atoms with E-state index in [1.807, 2.05) is 12.1 Å². The molecular weight excluding hydrogens is 492 g/mol. The van der Waals surface area contributed by atoms with Crippen LogP contribution in [0, 0.1) is 23.4 Å². The minimum absolute atomic E-state index is 0.211. The molecule has 0 radical (unpaired) electrons. The Bertz CT molecular complexity index is 1230. The molecule has 0 N–H and O–H groups in total. The van der Waals surface area contributed by atoms with Crippen molar-refractivity contribution < 1.29 is 39.9 Å². The molecule has 0 aliphatic heterocycles. The zero-order valence-corrected chi connectivity index (χ0v) is 19.1. The van der Waals surface area contributed by atoms with Gasteiger partial charge in [0.15, 0.2) is 11.6 Å². The van der Waals surface area contributed by atoms with Crippen molar-refractivity contribution in [3.63, 3.8) is 0 Å².